The molecule has 2 aromatic rings. The third-order valence-corrected chi connectivity index (χ3v) is 4.91. The van der Waals surface area contributed by atoms with Crippen LogP contribution in [0.15, 0.2) is 36.5 Å². The van der Waals surface area contributed by atoms with Crippen LogP contribution in [0.25, 0.3) is 0 Å². The molecule has 1 aromatic carbocycles. The summed E-state index contributed by atoms with van der Waals surface area (Å²) in [6.07, 6.45) is 3.44. The molecule has 1 aliphatic rings. The Bertz CT molecular complexity index is 926. The summed E-state index contributed by atoms with van der Waals surface area (Å²) >= 11 is 0. The van der Waals surface area contributed by atoms with Gasteiger partial charge in [0.15, 0.2) is 0 Å². The predicted molar refractivity (Wildman–Crippen MR) is 105 cm³/mol. The van der Waals surface area contributed by atoms with Crippen molar-refractivity contribution in [1.29, 1.82) is 0 Å². The number of hydrogen-bond donors (Lipinski definition) is 2. The van der Waals surface area contributed by atoms with Gasteiger partial charge < -0.3 is 15.3 Å². The standard InChI is InChI=1S/C21H23N3O4/c1-13-4-3-9-24(12-13)20(26)15-5-6-17(14(2)10-15)23-19(25)18-11-16(21(27)28)7-8-22-18/h5-8,10-11,13H,3-4,9,12H2,1-2H3,(H,23,25)(H,27,28). The van der Waals surface area contributed by atoms with Gasteiger partial charge in [-0.15, -0.1) is 0 Å². The van der Waals surface area contributed by atoms with E-state index in [-0.39, 0.29) is 17.2 Å². The summed E-state index contributed by atoms with van der Waals surface area (Å²) in [6.45, 7) is 5.50. The normalized spacial score (nSPS) is 16.5. The second-order valence-corrected chi connectivity index (χ2v) is 7.22. The maximum atomic E-state index is 12.7. The number of likely N-dealkylation sites (tertiary alicyclic amines) is 1. The molecule has 146 valence electrons. The maximum Gasteiger partial charge on any atom is 0.335 e. The van der Waals surface area contributed by atoms with E-state index < -0.39 is 11.9 Å². The van der Waals surface area contributed by atoms with Crippen LogP contribution < -0.4 is 5.32 Å². The zero-order valence-electron chi connectivity index (χ0n) is 15.9. The summed E-state index contributed by atoms with van der Waals surface area (Å²) in [5.74, 6) is -1.12. The SMILES string of the molecule is Cc1cc(C(=O)N2CCCC(C)C2)ccc1NC(=O)c1cc(C(=O)O)ccn1. The number of nitrogens with zero attached hydrogens (tertiary/aromatic N) is 2. The molecule has 1 fully saturated rings. The number of aromatic nitrogens is 1. The van der Waals surface area contributed by atoms with Crippen molar-refractivity contribution in [2.75, 3.05) is 18.4 Å². The first-order valence-electron chi connectivity index (χ1n) is 9.26. The highest BCUT2D eigenvalue weighted by Crippen LogP contribution is 2.21. The fraction of sp³-hybridized carbons (Fsp3) is 0.333. The summed E-state index contributed by atoms with van der Waals surface area (Å²) in [5, 5.41) is 11.8. The third kappa shape index (κ3) is 4.36. The first-order valence-corrected chi connectivity index (χ1v) is 9.26. The average molecular weight is 381 g/mol. The lowest BCUT2D eigenvalue weighted by molar-refractivity contribution is 0.0679. The molecule has 1 unspecified atom stereocenters. The van der Waals surface area contributed by atoms with E-state index in [1.807, 2.05) is 11.8 Å². The zero-order valence-corrected chi connectivity index (χ0v) is 15.9. The predicted octanol–water partition coefficient (Wildman–Crippen LogP) is 3.21. The molecule has 1 atom stereocenters. The number of anilines is 1. The molecule has 7 nitrogen and oxygen atoms in total. The Balaban J connectivity index is 1.73. The molecule has 0 saturated carbocycles. The van der Waals surface area contributed by atoms with E-state index >= 15 is 0 Å². The summed E-state index contributed by atoms with van der Waals surface area (Å²) in [6, 6.07) is 7.70. The Morgan fingerprint density at radius 2 is 1.96 bits per heavy atom. The van der Waals surface area contributed by atoms with Crippen molar-refractivity contribution in [3.05, 3.63) is 58.9 Å². The number of carbonyl (C=O) groups is 3. The fourth-order valence-electron chi connectivity index (χ4n) is 3.37. The Morgan fingerprint density at radius 1 is 1.18 bits per heavy atom. The molecule has 7 heteroatoms. The number of rotatable bonds is 4. The Labute approximate surface area is 163 Å². The highest BCUT2D eigenvalue weighted by Gasteiger charge is 2.22. The van der Waals surface area contributed by atoms with Gasteiger partial charge in [-0.25, -0.2) is 4.79 Å². The Kier molecular flexibility index (Phi) is 5.73. The van der Waals surface area contributed by atoms with Crippen LogP contribution in [0, 0.1) is 12.8 Å². The maximum absolute atomic E-state index is 12.7. The molecule has 0 radical (unpaired) electrons. The van der Waals surface area contributed by atoms with Crippen LogP contribution in [0.4, 0.5) is 5.69 Å². The first kappa shape index (κ1) is 19.5. The van der Waals surface area contributed by atoms with Crippen LogP contribution in [0.1, 0.15) is 56.5 Å². The van der Waals surface area contributed by atoms with Gasteiger partial charge in [0.25, 0.3) is 11.8 Å². The third-order valence-electron chi connectivity index (χ3n) is 4.91. The first-order chi connectivity index (χ1) is 13.3. The van der Waals surface area contributed by atoms with Crippen LogP contribution in [-0.2, 0) is 0 Å². The van der Waals surface area contributed by atoms with E-state index in [2.05, 4.69) is 17.2 Å². The van der Waals surface area contributed by atoms with Gasteiger partial charge in [-0.2, -0.15) is 0 Å². The van der Waals surface area contributed by atoms with E-state index in [0.717, 1.165) is 31.5 Å². The molecular formula is C21H23N3O4. The Hall–Kier alpha value is -3.22. The molecule has 0 spiro atoms. The molecular weight excluding hydrogens is 358 g/mol. The summed E-state index contributed by atoms with van der Waals surface area (Å²) in [5.41, 5.74) is 1.90. The van der Waals surface area contributed by atoms with Crippen LogP contribution >= 0.6 is 0 Å². The summed E-state index contributed by atoms with van der Waals surface area (Å²) in [7, 11) is 0. The number of carbonyl (C=O) groups excluding carboxylic acids is 2. The van der Waals surface area contributed by atoms with Crippen molar-refractivity contribution in [2.24, 2.45) is 5.92 Å². The molecule has 1 aromatic heterocycles. The number of nitrogens with one attached hydrogen (secondary N) is 1. The minimum atomic E-state index is -1.12. The van der Waals surface area contributed by atoms with Gasteiger partial charge in [0.1, 0.15) is 5.69 Å². The second kappa shape index (κ2) is 8.21. The number of pyridine rings is 1. The van der Waals surface area contributed by atoms with E-state index in [9.17, 15) is 14.4 Å². The van der Waals surface area contributed by atoms with Crippen molar-refractivity contribution in [2.45, 2.75) is 26.7 Å². The van der Waals surface area contributed by atoms with Crippen molar-refractivity contribution in [3.8, 4) is 0 Å². The summed E-state index contributed by atoms with van der Waals surface area (Å²) in [4.78, 5) is 42.0. The molecule has 2 N–H and O–H groups in total. The van der Waals surface area contributed by atoms with E-state index in [1.165, 1.54) is 18.3 Å². The number of benzene rings is 1. The highest BCUT2D eigenvalue weighted by molar-refractivity contribution is 6.05. The molecule has 0 aliphatic carbocycles. The lowest BCUT2D eigenvalue weighted by Crippen LogP contribution is -2.39. The number of hydrogen-bond acceptors (Lipinski definition) is 4. The molecule has 28 heavy (non-hydrogen) atoms. The van der Waals surface area contributed by atoms with Crippen molar-refractivity contribution in [3.63, 3.8) is 0 Å². The van der Waals surface area contributed by atoms with Gasteiger partial charge >= 0.3 is 5.97 Å². The number of aromatic carboxylic acids is 1. The smallest absolute Gasteiger partial charge is 0.335 e. The molecule has 0 bridgehead atoms. The monoisotopic (exact) mass is 381 g/mol. The number of amides is 2. The van der Waals surface area contributed by atoms with Gasteiger partial charge in [-0.3, -0.25) is 14.6 Å². The topological polar surface area (TPSA) is 99.6 Å². The molecule has 2 heterocycles. The van der Waals surface area contributed by atoms with Crippen molar-refractivity contribution < 1.29 is 19.5 Å². The van der Waals surface area contributed by atoms with Gasteiger partial charge in [-0.1, -0.05) is 6.92 Å². The highest BCUT2D eigenvalue weighted by atomic mass is 16.4. The van der Waals surface area contributed by atoms with Crippen LogP contribution in [-0.4, -0.2) is 45.9 Å². The fourth-order valence-corrected chi connectivity index (χ4v) is 3.37. The van der Waals surface area contributed by atoms with E-state index in [4.69, 9.17) is 5.11 Å². The number of carboxylic acid groups (broad SMARTS) is 1. The molecule has 1 aliphatic heterocycles. The number of carboxylic acids is 1. The second-order valence-electron chi connectivity index (χ2n) is 7.22. The van der Waals surface area contributed by atoms with E-state index in [1.54, 1.807) is 18.2 Å². The van der Waals surface area contributed by atoms with Crippen molar-refractivity contribution in [1.82, 2.24) is 9.88 Å². The van der Waals surface area contributed by atoms with E-state index in [0.29, 0.717) is 17.2 Å². The minimum absolute atomic E-state index is 0.00310. The van der Waals surface area contributed by atoms with Crippen LogP contribution in [0.3, 0.4) is 0 Å². The lowest BCUT2D eigenvalue weighted by atomic mass is 9.99. The molecule has 1 saturated heterocycles. The minimum Gasteiger partial charge on any atom is -0.478 e. The van der Waals surface area contributed by atoms with Crippen LogP contribution in [0.5, 0.6) is 0 Å². The van der Waals surface area contributed by atoms with Gasteiger partial charge in [0.05, 0.1) is 5.56 Å². The summed E-state index contributed by atoms with van der Waals surface area (Å²) < 4.78 is 0. The Morgan fingerprint density at radius 3 is 2.64 bits per heavy atom. The zero-order chi connectivity index (χ0) is 20.3. The lowest BCUT2D eigenvalue weighted by Gasteiger charge is -2.31. The van der Waals surface area contributed by atoms with Gasteiger partial charge in [-0.05, 0) is 61.6 Å². The quantitative estimate of drug-likeness (QED) is 0.847. The molecule has 2 amide bonds. The average Bonchev–Trinajstić information content (AvgIpc) is 2.69. The number of aryl methyl sites for hydroxylation is 1. The molecule has 3 rings (SSSR count). The van der Waals surface area contributed by atoms with Crippen molar-refractivity contribution >= 4 is 23.5 Å². The van der Waals surface area contributed by atoms with Gasteiger partial charge in [0, 0.05) is 30.5 Å². The van der Waals surface area contributed by atoms with Gasteiger partial charge in [0.2, 0.25) is 0 Å². The van der Waals surface area contributed by atoms with Crippen LogP contribution in [0.2, 0.25) is 0 Å². The largest absolute Gasteiger partial charge is 0.478 e. The number of piperidine rings is 1.